The first-order chi connectivity index (χ1) is 12.3. The number of benzene rings is 1. The van der Waals surface area contributed by atoms with E-state index < -0.39 is 5.91 Å². The van der Waals surface area contributed by atoms with Crippen molar-refractivity contribution in [2.24, 2.45) is 0 Å². The first-order valence-corrected chi connectivity index (χ1v) is 8.96. The van der Waals surface area contributed by atoms with Gasteiger partial charge in [-0.05, 0) is 75.0 Å². The van der Waals surface area contributed by atoms with Crippen molar-refractivity contribution >= 4 is 46.8 Å². The third-order valence-corrected chi connectivity index (χ3v) is 4.93. The standard InChI is InChI=1S/C19H18ClN3O2S/c1-4-22-18(25)16(17(24)21-19(22)26)10-13-9-11(2)23(12(13)3)15-7-5-14(20)6-8-15/h5-10H,4H2,1-3H3,(H,21,24,26). The minimum Gasteiger partial charge on any atom is -0.318 e. The van der Waals surface area contributed by atoms with Crippen molar-refractivity contribution in [2.75, 3.05) is 6.54 Å². The zero-order chi connectivity index (χ0) is 19.0. The Morgan fingerprint density at radius 1 is 1.19 bits per heavy atom. The van der Waals surface area contributed by atoms with E-state index in [2.05, 4.69) is 9.88 Å². The van der Waals surface area contributed by atoms with Gasteiger partial charge in [-0.25, -0.2) is 0 Å². The molecule has 2 heterocycles. The average Bonchev–Trinajstić information content (AvgIpc) is 2.86. The Bertz CT molecular complexity index is 944. The van der Waals surface area contributed by atoms with Crippen LogP contribution in [0.15, 0.2) is 35.9 Å². The smallest absolute Gasteiger partial charge is 0.265 e. The summed E-state index contributed by atoms with van der Waals surface area (Å²) in [6, 6.07) is 9.45. The molecule has 0 saturated carbocycles. The van der Waals surface area contributed by atoms with Gasteiger partial charge >= 0.3 is 0 Å². The first-order valence-electron chi connectivity index (χ1n) is 8.17. The lowest BCUT2D eigenvalue weighted by Crippen LogP contribution is -2.53. The van der Waals surface area contributed by atoms with E-state index >= 15 is 0 Å². The van der Waals surface area contributed by atoms with Crippen molar-refractivity contribution in [3.05, 3.63) is 57.9 Å². The molecule has 134 valence electrons. The molecule has 0 radical (unpaired) electrons. The van der Waals surface area contributed by atoms with E-state index in [-0.39, 0.29) is 16.6 Å². The maximum atomic E-state index is 12.6. The van der Waals surface area contributed by atoms with E-state index in [4.69, 9.17) is 23.8 Å². The maximum Gasteiger partial charge on any atom is 0.265 e. The Morgan fingerprint density at radius 3 is 2.46 bits per heavy atom. The maximum absolute atomic E-state index is 12.6. The van der Waals surface area contributed by atoms with Crippen molar-refractivity contribution in [1.29, 1.82) is 0 Å². The van der Waals surface area contributed by atoms with Gasteiger partial charge in [0.1, 0.15) is 5.57 Å². The number of hydrogen-bond donors (Lipinski definition) is 1. The highest BCUT2D eigenvalue weighted by atomic mass is 35.5. The molecule has 1 aliphatic heterocycles. The fourth-order valence-corrected chi connectivity index (χ4v) is 3.49. The monoisotopic (exact) mass is 387 g/mol. The van der Waals surface area contributed by atoms with E-state index in [1.807, 2.05) is 51.1 Å². The van der Waals surface area contributed by atoms with Crippen LogP contribution in [0, 0.1) is 13.8 Å². The largest absolute Gasteiger partial charge is 0.318 e. The number of halogens is 1. The molecule has 1 aromatic carbocycles. The molecule has 2 aromatic rings. The normalized spacial score (nSPS) is 16.4. The van der Waals surface area contributed by atoms with Gasteiger partial charge in [0.15, 0.2) is 5.11 Å². The third-order valence-electron chi connectivity index (χ3n) is 4.36. The topological polar surface area (TPSA) is 54.3 Å². The number of aryl methyl sites for hydroxylation is 1. The van der Waals surface area contributed by atoms with E-state index in [0.717, 1.165) is 22.6 Å². The van der Waals surface area contributed by atoms with Crippen LogP contribution in [0.3, 0.4) is 0 Å². The third kappa shape index (κ3) is 3.18. The molecule has 3 rings (SSSR count). The van der Waals surface area contributed by atoms with Crippen molar-refractivity contribution in [1.82, 2.24) is 14.8 Å². The lowest BCUT2D eigenvalue weighted by molar-refractivity contribution is -0.128. The van der Waals surface area contributed by atoms with E-state index in [1.54, 1.807) is 6.08 Å². The van der Waals surface area contributed by atoms with Crippen LogP contribution in [0.5, 0.6) is 0 Å². The molecule has 0 atom stereocenters. The van der Waals surface area contributed by atoms with Gasteiger partial charge in [0.05, 0.1) is 0 Å². The zero-order valence-electron chi connectivity index (χ0n) is 14.7. The fourth-order valence-electron chi connectivity index (χ4n) is 3.06. The summed E-state index contributed by atoms with van der Waals surface area (Å²) in [4.78, 5) is 26.2. The van der Waals surface area contributed by atoms with Crippen molar-refractivity contribution < 1.29 is 9.59 Å². The van der Waals surface area contributed by atoms with Crippen LogP contribution in [-0.4, -0.2) is 32.9 Å². The van der Waals surface area contributed by atoms with Crippen LogP contribution in [0.25, 0.3) is 11.8 Å². The number of nitrogens with one attached hydrogen (secondary N) is 1. The number of likely N-dealkylation sites (N-methyl/N-ethyl adjacent to an activating group) is 1. The average molecular weight is 388 g/mol. The molecule has 1 N–H and O–H groups in total. The number of amides is 2. The molecule has 2 amide bonds. The number of aromatic nitrogens is 1. The van der Waals surface area contributed by atoms with Crippen LogP contribution in [-0.2, 0) is 9.59 Å². The minimum atomic E-state index is -0.471. The van der Waals surface area contributed by atoms with Crippen LogP contribution in [0.4, 0.5) is 0 Å². The zero-order valence-corrected chi connectivity index (χ0v) is 16.2. The van der Waals surface area contributed by atoms with Crippen molar-refractivity contribution in [3.63, 3.8) is 0 Å². The predicted molar refractivity (Wildman–Crippen MR) is 106 cm³/mol. The van der Waals surface area contributed by atoms with Gasteiger partial charge < -0.3 is 4.57 Å². The van der Waals surface area contributed by atoms with Crippen LogP contribution >= 0.6 is 23.8 Å². The van der Waals surface area contributed by atoms with Crippen LogP contribution in [0.1, 0.15) is 23.9 Å². The molecule has 0 aliphatic carbocycles. The molecule has 1 saturated heterocycles. The Balaban J connectivity index is 2.05. The Labute approximate surface area is 162 Å². The van der Waals surface area contributed by atoms with Gasteiger partial charge in [-0.15, -0.1) is 0 Å². The summed E-state index contributed by atoms with van der Waals surface area (Å²) in [6.45, 7) is 6.13. The van der Waals surface area contributed by atoms with Crippen LogP contribution < -0.4 is 5.32 Å². The van der Waals surface area contributed by atoms with Crippen molar-refractivity contribution in [3.8, 4) is 5.69 Å². The van der Waals surface area contributed by atoms with Crippen molar-refractivity contribution in [2.45, 2.75) is 20.8 Å². The van der Waals surface area contributed by atoms with Gasteiger partial charge in [-0.1, -0.05) is 11.6 Å². The quantitative estimate of drug-likeness (QED) is 0.499. The highest BCUT2D eigenvalue weighted by Gasteiger charge is 2.32. The molecule has 0 unspecified atom stereocenters. The summed E-state index contributed by atoms with van der Waals surface area (Å²) in [5.74, 6) is -0.849. The summed E-state index contributed by atoms with van der Waals surface area (Å²) in [6.07, 6.45) is 1.62. The Kier molecular flexibility index (Phi) is 4.98. The lowest BCUT2D eigenvalue weighted by atomic mass is 10.1. The molecule has 7 heteroatoms. The molecule has 0 spiro atoms. The molecule has 0 bridgehead atoms. The minimum absolute atomic E-state index is 0.0804. The highest BCUT2D eigenvalue weighted by Crippen LogP contribution is 2.25. The van der Waals surface area contributed by atoms with Crippen LogP contribution in [0.2, 0.25) is 5.02 Å². The molecule has 1 fully saturated rings. The van der Waals surface area contributed by atoms with Gasteiger partial charge in [0.25, 0.3) is 11.8 Å². The van der Waals surface area contributed by atoms with E-state index in [9.17, 15) is 9.59 Å². The molecule has 26 heavy (non-hydrogen) atoms. The van der Waals surface area contributed by atoms with E-state index in [1.165, 1.54) is 4.90 Å². The van der Waals surface area contributed by atoms with Gasteiger partial charge in [-0.2, -0.15) is 0 Å². The predicted octanol–water partition coefficient (Wildman–Crippen LogP) is 3.39. The summed E-state index contributed by atoms with van der Waals surface area (Å²) in [5.41, 5.74) is 3.76. The number of hydrogen-bond acceptors (Lipinski definition) is 3. The van der Waals surface area contributed by atoms with E-state index in [0.29, 0.717) is 11.6 Å². The Morgan fingerprint density at radius 2 is 1.85 bits per heavy atom. The second-order valence-corrected chi connectivity index (χ2v) is 6.83. The summed E-state index contributed by atoms with van der Waals surface area (Å²) in [7, 11) is 0. The molecular formula is C19H18ClN3O2S. The molecule has 1 aromatic heterocycles. The number of thiocarbonyl (C=S) groups is 1. The molecular weight excluding hydrogens is 370 g/mol. The number of nitrogens with zero attached hydrogens (tertiary/aromatic N) is 2. The fraction of sp³-hybridized carbons (Fsp3) is 0.211. The highest BCUT2D eigenvalue weighted by molar-refractivity contribution is 7.80. The Hall–Kier alpha value is -2.44. The van der Waals surface area contributed by atoms with Gasteiger partial charge in [0, 0.05) is 28.6 Å². The summed E-state index contributed by atoms with van der Waals surface area (Å²) in [5, 5.41) is 3.38. The van der Waals surface area contributed by atoms with Gasteiger partial charge in [-0.3, -0.25) is 19.8 Å². The number of carbonyl (C=O) groups excluding carboxylic acids is 2. The molecule has 5 nitrogen and oxygen atoms in total. The number of carbonyl (C=O) groups is 2. The summed E-state index contributed by atoms with van der Waals surface area (Å²) < 4.78 is 2.05. The molecule has 1 aliphatic rings. The second-order valence-electron chi connectivity index (χ2n) is 6.00. The number of rotatable bonds is 3. The lowest BCUT2D eigenvalue weighted by Gasteiger charge is -2.27. The summed E-state index contributed by atoms with van der Waals surface area (Å²) >= 11 is 11.0. The SMILES string of the molecule is CCN1C(=O)C(=Cc2cc(C)n(-c3ccc(Cl)cc3)c2C)C(=O)NC1=S. The second kappa shape index (κ2) is 7.05. The first kappa shape index (κ1) is 18.4. The van der Waals surface area contributed by atoms with Gasteiger partial charge in [0.2, 0.25) is 0 Å².